The highest BCUT2D eigenvalue weighted by Crippen LogP contribution is 2.34. The third kappa shape index (κ3) is 2.34. The first-order chi connectivity index (χ1) is 9.55. The van der Waals surface area contributed by atoms with E-state index in [-0.39, 0.29) is 5.41 Å². The maximum atomic E-state index is 2.34. The standard InChI is InChI=1S/C20H20/c1-20(2,3)19-14-17(15-9-5-4-6-10-15)13-16-11-7-8-12-18(16)19/h4-14H,1-3H3. The third-order valence-corrected chi connectivity index (χ3v) is 3.78. The molecule has 0 aliphatic heterocycles. The molecule has 0 fully saturated rings. The molecule has 0 heteroatoms. The molecule has 0 nitrogen and oxygen atoms in total. The molecule has 0 saturated heterocycles. The number of hydrogen-bond donors (Lipinski definition) is 0. The minimum absolute atomic E-state index is 0.143. The molecule has 0 N–H and O–H groups in total. The van der Waals surface area contributed by atoms with E-state index in [1.165, 1.54) is 27.5 Å². The van der Waals surface area contributed by atoms with Crippen molar-refractivity contribution in [1.29, 1.82) is 0 Å². The number of hydrogen-bond acceptors (Lipinski definition) is 0. The maximum absolute atomic E-state index is 2.34. The van der Waals surface area contributed by atoms with Crippen LogP contribution in [0.25, 0.3) is 21.9 Å². The monoisotopic (exact) mass is 260 g/mol. The molecular weight excluding hydrogens is 240 g/mol. The van der Waals surface area contributed by atoms with Crippen molar-refractivity contribution in [3.05, 3.63) is 72.3 Å². The SMILES string of the molecule is CC(C)(C)c1cc(-c2ccccc2)cc2ccccc12. The Kier molecular flexibility index (Phi) is 3.10. The van der Waals surface area contributed by atoms with Crippen LogP contribution in [0.1, 0.15) is 26.3 Å². The summed E-state index contributed by atoms with van der Waals surface area (Å²) in [5.41, 5.74) is 4.14. The van der Waals surface area contributed by atoms with E-state index in [0.29, 0.717) is 0 Å². The van der Waals surface area contributed by atoms with Crippen molar-refractivity contribution in [3.8, 4) is 11.1 Å². The highest BCUT2D eigenvalue weighted by Gasteiger charge is 2.17. The first-order valence-electron chi connectivity index (χ1n) is 7.14. The molecule has 0 amide bonds. The average molecular weight is 260 g/mol. The second kappa shape index (κ2) is 4.79. The van der Waals surface area contributed by atoms with Crippen molar-refractivity contribution in [2.24, 2.45) is 0 Å². The van der Waals surface area contributed by atoms with Crippen LogP contribution in [0.4, 0.5) is 0 Å². The van der Waals surface area contributed by atoms with Crippen LogP contribution in [0.5, 0.6) is 0 Å². The molecule has 0 aliphatic carbocycles. The summed E-state index contributed by atoms with van der Waals surface area (Å²) in [5.74, 6) is 0. The van der Waals surface area contributed by atoms with Crippen LogP contribution in [0.15, 0.2) is 66.7 Å². The summed E-state index contributed by atoms with van der Waals surface area (Å²) in [7, 11) is 0. The topological polar surface area (TPSA) is 0 Å². The van der Waals surface area contributed by atoms with Crippen molar-refractivity contribution >= 4 is 10.8 Å². The Morgan fingerprint density at radius 1 is 0.650 bits per heavy atom. The lowest BCUT2D eigenvalue weighted by Gasteiger charge is -2.23. The first kappa shape index (κ1) is 12.9. The lowest BCUT2D eigenvalue weighted by Crippen LogP contribution is -2.11. The van der Waals surface area contributed by atoms with Crippen molar-refractivity contribution in [2.45, 2.75) is 26.2 Å². The average Bonchev–Trinajstić information content (AvgIpc) is 2.46. The van der Waals surface area contributed by atoms with Crippen molar-refractivity contribution in [2.75, 3.05) is 0 Å². The smallest absolute Gasteiger partial charge is 0.0125 e. The summed E-state index contributed by atoms with van der Waals surface area (Å²) in [6.45, 7) is 6.84. The van der Waals surface area contributed by atoms with E-state index in [2.05, 4.69) is 87.5 Å². The van der Waals surface area contributed by atoms with E-state index >= 15 is 0 Å². The molecule has 0 atom stereocenters. The number of rotatable bonds is 1. The Labute approximate surface area is 121 Å². The van der Waals surface area contributed by atoms with Crippen LogP contribution in [0.3, 0.4) is 0 Å². The normalized spacial score (nSPS) is 11.8. The van der Waals surface area contributed by atoms with E-state index in [9.17, 15) is 0 Å². The van der Waals surface area contributed by atoms with Gasteiger partial charge in [0.15, 0.2) is 0 Å². The van der Waals surface area contributed by atoms with Gasteiger partial charge in [0.2, 0.25) is 0 Å². The zero-order valence-corrected chi connectivity index (χ0v) is 12.4. The van der Waals surface area contributed by atoms with Gasteiger partial charge < -0.3 is 0 Å². The molecule has 3 rings (SSSR count). The highest BCUT2D eigenvalue weighted by molar-refractivity contribution is 5.91. The molecule has 3 aromatic rings. The molecule has 0 bridgehead atoms. The van der Waals surface area contributed by atoms with E-state index in [1.807, 2.05) is 0 Å². The molecule has 20 heavy (non-hydrogen) atoms. The Bertz CT molecular complexity index is 731. The van der Waals surface area contributed by atoms with Gasteiger partial charge in [-0.1, -0.05) is 75.4 Å². The molecule has 100 valence electrons. The zero-order chi connectivity index (χ0) is 14.2. The Morgan fingerprint density at radius 2 is 1.30 bits per heavy atom. The molecule has 3 aromatic carbocycles. The van der Waals surface area contributed by atoms with Crippen LogP contribution < -0.4 is 0 Å². The zero-order valence-electron chi connectivity index (χ0n) is 12.4. The van der Waals surface area contributed by atoms with E-state index in [0.717, 1.165) is 0 Å². The van der Waals surface area contributed by atoms with Crippen LogP contribution in [0, 0.1) is 0 Å². The fourth-order valence-corrected chi connectivity index (χ4v) is 2.73. The summed E-state index contributed by atoms with van der Waals surface area (Å²) in [6, 6.07) is 23.9. The van der Waals surface area contributed by atoms with Crippen LogP contribution >= 0.6 is 0 Å². The van der Waals surface area contributed by atoms with Gasteiger partial charge in [0.05, 0.1) is 0 Å². The minimum Gasteiger partial charge on any atom is -0.0622 e. The summed E-state index contributed by atoms with van der Waals surface area (Å²) in [6.07, 6.45) is 0. The molecule has 0 unspecified atom stereocenters. The summed E-state index contributed by atoms with van der Waals surface area (Å²) in [4.78, 5) is 0. The minimum atomic E-state index is 0.143. The third-order valence-electron chi connectivity index (χ3n) is 3.78. The van der Waals surface area contributed by atoms with Gasteiger partial charge in [-0.15, -0.1) is 0 Å². The number of fused-ring (bicyclic) bond motifs is 1. The quantitative estimate of drug-likeness (QED) is 0.518. The van der Waals surface area contributed by atoms with Gasteiger partial charge in [-0.2, -0.15) is 0 Å². The van der Waals surface area contributed by atoms with Gasteiger partial charge in [0, 0.05) is 0 Å². The molecular formula is C20H20. The molecule has 0 radical (unpaired) electrons. The van der Waals surface area contributed by atoms with Gasteiger partial charge in [-0.25, -0.2) is 0 Å². The lowest BCUT2D eigenvalue weighted by molar-refractivity contribution is 0.596. The number of benzene rings is 3. The van der Waals surface area contributed by atoms with Crippen molar-refractivity contribution in [1.82, 2.24) is 0 Å². The Hall–Kier alpha value is -2.08. The Balaban J connectivity index is 2.31. The fraction of sp³-hybridized carbons (Fsp3) is 0.200. The fourth-order valence-electron chi connectivity index (χ4n) is 2.73. The Morgan fingerprint density at radius 3 is 2.00 bits per heavy atom. The molecule has 0 spiro atoms. The van der Waals surface area contributed by atoms with Crippen molar-refractivity contribution < 1.29 is 0 Å². The predicted molar refractivity (Wildman–Crippen MR) is 88.1 cm³/mol. The van der Waals surface area contributed by atoms with Gasteiger partial charge in [0.25, 0.3) is 0 Å². The second-order valence-corrected chi connectivity index (χ2v) is 6.36. The summed E-state index contributed by atoms with van der Waals surface area (Å²) < 4.78 is 0. The van der Waals surface area contributed by atoms with Gasteiger partial charge >= 0.3 is 0 Å². The van der Waals surface area contributed by atoms with Gasteiger partial charge in [-0.3, -0.25) is 0 Å². The van der Waals surface area contributed by atoms with E-state index < -0.39 is 0 Å². The van der Waals surface area contributed by atoms with E-state index in [1.54, 1.807) is 0 Å². The van der Waals surface area contributed by atoms with E-state index in [4.69, 9.17) is 0 Å². The molecule has 0 aromatic heterocycles. The largest absolute Gasteiger partial charge is 0.0622 e. The first-order valence-corrected chi connectivity index (χ1v) is 7.14. The highest BCUT2D eigenvalue weighted by atomic mass is 14.2. The van der Waals surface area contributed by atoms with Gasteiger partial charge in [0.1, 0.15) is 0 Å². The summed E-state index contributed by atoms with van der Waals surface area (Å²) in [5, 5.41) is 2.68. The molecule has 0 heterocycles. The van der Waals surface area contributed by atoms with Crippen LogP contribution in [0.2, 0.25) is 0 Å². The second-order valence-electron chi connectivity index (χ2n) is 6.36. The molecule has 0 aliphatic rings. The predicted octanol–water partition coefficient (Wildman–Crippen LogP) is 5.80. The molecule has 0 saturated carbocycles. The maximum Gasteiger partial charge on any atom is -0.0125 e. The lowest BCUT2D eigenvalue weighted by atomic mass is 9.82. The van der Waals surface area contributed by atoms with Crippen LogP contribution in [-0.4, -0.2) is 0 Å². The summed E-state index contributed by atoms with van der Waals surface area (Å²) >= 11 is 0. The van der Waals surface area contributed by atoms with Crippen LogP contribution in [-0.2, 0) is 5.41 Å². The van der Waals surface area contributed by atoms with Gasteiger partial charge in [-0.05, 0) is 45.0 Å². The van der Waals surface area contributed by atoms with Crippen molar-refractivity contribution in [3.63, 3.8) is 0 Å².